The Morgan fingerprint density at radius 3 is 2.69 bits per heavy atom. The van der Waals surface area contributed by atoms with Crippen LogP contribution >= 0.6 is 7.82 Å². The highest BCUT2D eigenvalue weighted by molar-refractivity contribution is 7.48. The molecular weight excluding hydrogens is 357 g/mol. The Hall–Kier alpha value is -1.40. The fraction of sp³-hybridized carbons (Fsp3) is 0.611. The third kappa shape index (κ3) is 6.40. The molecule has 1 aliphatic rings. The topological polar surface area (TPSA) is 83.1 Å². The summed E-state index contributed by atoms with van der Waals surface area (Å²) in [7, 11) is -3.72. The lowest BCUT2D eigenvalue weighted by Gasteiger charge is -2.22. The first-order valence-corrected chi connectivity index (χ1v) is 10.3. The summed E-state index contributed by atoms with van der Waals surface area (Å²) in [6.45, 7) is 7.38. The standard InChI is InChI=1S/C18H28NO6P/c1-5-22-26(21,23-13-12-19-17(20)24-18(2,3)4)25-16-11-10-14-8-6-7-9-15(14)16/h6-9,16H,5,10-13H2,1-4H3,(H,19,20). The molecule has 2 atom stereocenters. The van der Waals surface area contributed by atoms with Crippen LogP contribution in [-0.4, -0.2) is 31.5 Å². The maximum atomic E-state index is 12.8. The van der Waals surface area contributed by atoms with Crippen molar-refractivity contribution in [2.24, 2.45) is 0 Å². The Balaban J connectivity index is 1.86. The molecule has 0 bridgehead atoms. The van der Waals surface area contributed by atoms with Crippen molar-refractivity contribution in [1.82, 2.24) is 5.32 Å². The molecule has 1 aliphatic carbocycles. The van der Waals surface area contributed by atoms with Crippen molar-refractivity contribution in [2.45, 2.75) is 52.2 Å². The van der Waals surface area contributed by atoms with Crippen LogP contribution in [0.3, 0.4) is 0 Å². The molecule has 0 aliphatic heterocycles. The summed E-state index contributed by atoms with van der Waals surface area (Å²) in [5, 5.41) is 2.54. The van der Waals surface area contributed by atoms with Gasteiger partial charge in [-0.15, -0.1) is 0 Å². The van der Waals surface area contributed by atoms with E-state index in [1.807, 2.05) is 24.3 Å². The van der Waals surface area contributed by atoms with Crippen molar-refractivity contribution in [2.75, 3.05) is 19.8 Å². The molecule has 0 saturated heterocycles. The Labute approximate surface area is 155 Å². The van der Waals surface area contributed by atoms with Gasteiger partial charge in [0.1, 0.15) is 5.60 Å². The van der Waals surface area contributed by atoms with Gasteiger partial charge in [0, 0.05) is 6.54 Å². The van der Waals surface area contributed by atoms with Crippen molar-refractivity contribution in [3.8, 4) is 0 Å². The van der Waals surface area contributed by atoms with Crippen molar-refractivity contribution in [3.05, 3.63) is 35.4 Å². The lowest BCUT2D eigenvalue weighted by atomic mass is 10.1. The SMILES string of the molecule is CCOP(=O)(OCCNC(=O)OC(C)(C)C)OC1CCc2ccccc21. The second kappa shape index (κ2) is 9.00. The fourth-order valence-corrected chi connectivity index (χ4v) is 4.02. The molecule has 26 heavy (non-hydrogen) atoms. The number of carbonyl (C=O) groups excluding carboxylic acids is 1. The third-order valence-corrected chi connectivity index (χ3v) is 5.23. The summed E-state index contributed by atoms with van der Waals surface area (Å²) in [4.78, 5) is 11.6. The first-order valence-electron chi connectivity index (χ1n) is 8.84. The minimum atomic E-state index is -3.72. The molecule has 7 nitrogen and oxygen atoms in total. The fourth-order valence-electron chi connectivity index (χ4n) is 2.66. The lowest BCUT2D eigenvalue weighted by Crippen LogP contribution is -2.34. The van der Waals surface area contributed by atoms with E-state index in [1.165, 1.54) is 5.56 Å². The maximum Gasteiger partial charge on any atom is 0.475 e. The summed E-state index contributed by atoms with van der Waals surface area (Å²) in [5.41, 5.74) is 1.62. The predicted octanol–water partition coefficient (Wildman–Crippen LogP) is 4.38. The van der Waals surface area contributed by atoms with Gasteiger partial charge < -0.3 is 10.1 Å². The number of fused-ring (bicyclic) bond motifs is 1. The molecule has 0 aromatic heterocycles. The van der Waals surface area contributed by atoms with E-state index in [-0.39, 0.29) is 25.9 Å². The normalized spacial score (nSPS) is 18.8. The summed E-state index contributed by atoms with van der Waals surface area (Å²) >= 11 is 0. The van der Waals surface area contributed by atoms with Gasteiger partial charge in [-0.25, -0.2) is 9.36 Å². The Kier molecular flexibility index (Phi) is 7.24. The molecule has 1 amide bonds. The summed E-state index contributed by atoms with van der Waals surface area (Å²) in [5.74, 6) is 0. The largest absolute Gasteiger partial charge is 0.475 e. The van der Waals surface area contributed by atoms with E-state index in [4.69, 9.17) is 18.3 Å². The van der Waals surface area contributed by atoms with Crippen LogP contribution in [0, 0.1) is 0 Å². The monoisotopic (exact) mass is 385 g/mol. The van der Waals surface area contributed by atoms with E-state index in [9.17, 15) is 9.36 Å². The molecule has 0 spiro atoms. The maximum absolute atomic E-state index is 12.8. The number of amides is 1. The van der Waals surface area contributed by atoms with Crippen molar-refractivity contribution in [3.63, 3.8) is 0 Å². The minimum Gasteiger partial charge on any atom is -0.444 e. The second-order valence-electron chi connectivity index (χ2n) is 6.96. The van der Waals surface area contributed by atoms with Crippen LogP contribution < -0.4 is 5.32 Å². The number of carbonyl (C=O) groups is 1. The quantitative estimate of drug-likeness (QED) is 0.528. The molecule has 0 fully saturated rings. The summed E-state index contributed by atoms with van der Waals surface area (Å²) in [6, 6.07) is 7.91. The van der Waals surface area contributed by atoms with Crippen LogP contribution in [0.2, 0.25) is 0 Å². The first-order chi connectivity index (χ1) is 12.2. The van der Waals surface area contributed by atoms with Gasteiger partial charge in [-0.3, -0.25) is 13.6 Å². The zero-order chi connectivity index (χ0) is 19.2. The van der Waals surface area contributed by atoms with E-state index in [2.05, 4.69) is 5.32 Å². The molecule has 1 aromatic rings. The number of hydrogen-bond acceptors (Lipinski definition) is 6. The molecule has 2 unspecified atom stereocenters. The van der Waals surface area contributed by atoms with Crippen molar-refractivity contribution in [1.29, 1.82) is 0 Å². The summed E-state index contributed by atoms with van der Waals surface area (Å²) in [6.07, 6.45) is 0.726. The van der Waals surface area contributed by atoms with Crippen molar-refractivity contribution < 1.29 is 27.7 Å². The zero-order valence-corrected chi connectivity index (χ0v) is 16.7. The zero-order valence-electron chi connectivity index (χ0n) is 15.8. The molecule has 0 heterocycles. The van der Waals surface area contributed by atoms with Gasteiger partial charge in [-0.2, -0.15) is 0 Å². The molecule has 8 heteroatoms. The van der Waals surface area contributed by atoms with Crippen LogP contribution in [0.4, 0.5) is 4.79 Å². The number of aryl methyl sites for hydroxylation is 1. The van der Waals surface area contributed by atoms with Crippen LogP contribution in [0.1, 0.15) is 51.3 Å². The summed E-state index contributed by atoms with van der Waals surface area (Å²) < 4.78 is 34.3. The van der Waals surface area contributed by atoms with Gasteiger partial charge in [-0.1, -0.05) is 24.3 Å². The van der Waals surface area contributed by atoms with Crippen molar-refractivity contribution >= 4 is 13.9 Å². The average Bonchev–Trinajstić information content (AvgIpc) is 2.93. The van der Waals surface area contributed by atoms with E-state index in [1.54, 1.807) is 27.7 Å². The number of hydrogen-bond donors (Lipinski definition) is 1. The average molecular weight is 385 g/mol. The molecule has 0 saturated carbocycles. The predicted molar refractivity (Wildman–Crippen MR) is 98.0 cm³/mol. The number of phosphoric ester groups is 1. The Morgan fingerprint density at radius 2 is 2.00 bits per heavy atom. The van der Waals surface area contributed by atoms with Gasteiger partial charge in [-0.05, 0) is 51.7 Å². The van der Waals surface area contributed by atoms with Gasteiger partial charge in [0.05, 0.1) is 19.3 Å². The Morgan fingerprint density at radius 1 is 1.27 bits per heavy atom. The smallest absolute Gasteiger partial charge is 0.444 e. The van der Waals surface area contributed by atoms with E-state index in [0.717, 1.165) is 18.4 Å². The van der Waals surface area contributed by atoms with E-state index in [0.29, 0.717) is 0 Å². The van der Waals surface area contributed by atoms with Gasteiger partial charge in [0.15, 0.2) is 0 Å². The number of ether oxygens (including phenoxy) is 1. The highest BCUT2D eigenvalue weighted by atomic mass is 31.2. The van der Waals surface area contributed by atoms with E-state index < -0.39 is 19.5 Å². The lowest BCUT2D eigenvalue weighted by molar-refractivity contribution is 0.0496. The second-order valence-corrected chi connectivity index (χ2v) is 8.58. The molecule has 146 valence electrons. The number of benzene rings is 1. The van der Waals surface area contributed by atoms with Crippen LogP contribution in [0.25, 0.3) is 0 Å². The van der Waals surface area contributed by atoms with Crippen LogP contribution in [0.15, 0.2) is 24.3 Å². The molecule has 0 radical (unpaired) electrons. The molecular formula is C18H28NO6P. The van der Waals surface area contributed by atoms with Gasteiger partial charge in [0.2, 0.25) is 0 Å². The Bertz CT molecular complexity index is 657. The molecule has 2 rings (SSSR count). The number of phosphoric acid groups is 1. The molecule has 1 aromatic carbocycles. The van der Waals surface area contributed by atoms with E-state index >= 15 is 0 Å². The highest BCUT2D eigenvalue weighted by Gasteiger charge is 2.34. The number of nitrogens with one attached hydrogen (secondary N) is 1. The third-order valence-electron chi connectivity index (χ3n) is 3.64. The van der Waals surface area contributed by atoms with Gasteiger partial charge >= 0.3 is 13.9 Å². The first kappa shape index (κ1) is 20.9. The van der Waals surface area contributed by atoms with Crippen LogP contribution in [-0.2, 0) is 29.3 Å². The van der Waals surface area contributed by atoms with Gasteiger partial charge in [0.25, 0.3) is 0 Å². The molecule has 1 N–H and O–H groups in total. The minimum absolute atomic E-state index is 0.00904. The highest BCUT2D eigenvalue weighted by Crippen LogP contribution is 2.55. The number of rotatable bonds is 8. The van der Waals surface area contributed by atoms with Crippen LogP contribution in [0.5, 0.6) is 0 Å². The number of alkyl carbamates (subject to hydrolysis) is 1.